The van der Waals surface area contributed by atoms with Crippen LogP contribution < -0.4 is 0 Å². The summed E-state index contributed by atoms with van der Waals surface area (Å²) in [6.07, 6.45) is 3.69. The number of amides is 1. The fourth-order valence-corrected chi connectivity index (χ4v) is 2.42. The zero-order valence-corrected chi connectivity index (χ0v) is 12.2. The summed E-state index contributed by atoms with van der Waals surface area (Å²) >= 11 is 0. The van der Waals surface area contributed by atoms with Crippen molar-refractivity contribution in [3.8, 4) is 0 Å². The van der Waals surface area contributed by atoms with Gasteiger partial charge < -0.3 is 10.0 Å². The molecule has 112 valence electrons. The van der Waals surface area contributed by atoms with Crippen molar-refractivity contribution in [2.45, 2.75) is 13.0 Å². The van der Waals surface area contributed by atoms with E-state index in [2.05, 4.69) is 4.90 Å². The number of likely N-dealkylation sites (N-methyl/N-ethyl adjacent to an activating group) is 1. The molecule has 1 aliphatic rings. The molecule has 1 amide bonds. The Morgan fingerprint density at radius 3 is 2.86 bits per heavy atom. The Labute approximate surface area is 124 Å². The van der Waals surface area contributed by atoms with Gasteiger partial charge in [0.25, 0.3) is 0 Å². The van der Waals surface area contributed by atoms with E-state index in [9.17, 15) is 9.59 Å². The first-order valence-corrected chi connectivity index (χ1v) is 7.01. The smallest absolute Gasteiger partial charge is 0.328 e. The fourth-order valence-electron chi connectivity index (χ4n) is 2.42. The predicted molar refractivity (Wildman–Crippen MR) is 80.6 cm³/mol. The van der Waals surface area contributed by atoms with Gasteiger partial charge in [-0.1, -0.05) is 24.3 Å². The third kappa shape index (κ3) is 4.43. The average Bonchev–Trinajstić information content (AvgIpc) is 2.60. The lowest BCUT2D eigenvalue weighted by Crippen LogP contribution is -2.34. The predicted octanol–water partition coefficient (Wildman–Crippen LogP) is 1.45. The summed E-state index contributed by atoms with van der Waals surface area (Å²) in [5.41, 5.74) is 1.91. The van der Waals surface area contributed by atoms with Gasteiger partial charge in [-0.3, -0.25) is 9.69 Å². The van der Waals surface area contributed by atoms with Crippen molar-refractivity contribution < 1.29 is 14.7 Å². The number of hydrogen-bond donors (Lipinski definition) is 1. The summed E-state index contributed by atoms with van der Waals surface area (Å²) in [6.45, 7) is 2.72. The normalized spacial score (nSPS) is 17.2. The largest absolute Gasteiger partial charge is 0.478 e. The van der Waals surface area contributed by atoms with Crippen molar-refractivity contribution in [3.05, 3.63) is 41.5 Å². The van der Waals surface area contributed by atoms with Crippen LogP contribution in [0.1, 0.15) is 17.5 Å². The van der Waals surface area contributed by atoms with Crippen LogP contribution in [0.2, 0.25) is 0 Å². The first kappa shape index (κ1) is 15.3. The highest BCUT2D eigenvalue weighted by Gasteiger charge is 2.19. The molecule has 5 nitrogen and oxygen atoms in total. The van der Waals surface area contributed by atoms with Crippen molar-refractivity contribution in [2.24, 2.45) is 0 Å². The van der Waals surface area contributed by atoms with Gasteiger partial charge in [-0.15, -0.1) is 0 Å². The molecule has 0 saturated carbocycles. The summed E-state index contributed by atoms with van der Waals surface area (Å²) in [5, 5.41) is 8.74. The SMILES string of the molecule is CN1CCCN(Cc2ccccc2/C=C/C(=O)O)CC1=O. The quantitative estimate of drug-likeness (QED) is 0.852. The van der Waals surface area contributed by atoms with Crippen molar-refractivity contribution in [3.63, 3.8) is 0 Å². The lowest BCUT2D eigenvalue weighted by molar-refractivity contribution is -0.131. The third-order valence-corrected chi connectivity index (χ3v) is 3.61. The van der Waals surface area contributed by atoms with E-state index in [1.54, 1.807) is 11.0 Å². The van der Waals surface area contributed by atoms with Gasteiger partial charge in [0.05, 0.1) is 6.54 Å². The van der Waals surface area contributed by atoms with Gasteiger partial charge in [0.1, 0.15) is 0 Å². The molecule has 1 fully saturated rings. The number of aliphatic carboxylic acids is 1. The first-order valence-electron chi connectivity index (χ1n) is 7.01. The molecule has 1 N–H and O–H groups in total. The van der Waals surface area contributed by atoms with Crippen LogP contribution in [0, 0.1) is 0 Å². The molecule has 0 spiro atoms. The molecule has 0 bridgehead atoms. The molecule has 21 heavy (non-hydrogen) atoms. The molecule has 1 aromatic rings. The summed E-state index contributed by atoms with van der Waals surface area (Å²) in [5.74, 6) is -0.831. The van der Waals surface area contributed by atoms with Crippen LogP contribution in [0.25, 0.3) is 6.08 Å². The van der Waals surface area contributed by atoms with Gasteiger partial charge in [-0.25, -0.2) is 4.79 Å². The number of carbonyl (C=O) groups excluding carboxylic acids is 1. The van der Waals surface area contributed by atoms with E-state index in [-0.39, 0.29) is 5.91 Å². The van der Waals surface area contributed by atoms with Gasteiger partial charge in [0, 0.05) is 32.8 Å². The third-order valence-electron chi connectivity index (χ3n) is 3.61. The highest BCUT2D eigenvalue weighted by atomic mass is 16.4. The van der Waals surface area contributed by atoms with Crippen LogP contribution in [0.15, 0.2) is 30.3 Å². The second-order valence-electron chi connectivity index (χ2n) is 5.25. The Balaban J connectivity index is 2.12. The van der Waals surface area contributed by atoms with E-state index >= 15 is 0 Å². The Bertz CT molecular complexity index is 554. The molecule has 1 heterocycles. The van der Waals surface area contributed by atoms with Gasteiger partial charge >= 0.3 is 5.97 Å². The minimum Gasteiger partial charge on any atom is -0.478 e. The second kappa shape index (κ2) is 7.04. The molecule has 1 saturated heterocycles. The van der Waals surface area contributed by atoms with Crippen LogP contribution in [0.3, 0.4) is 0 Å². The highest BCUT2D eigenvalue weighted by molar-refractivity contribution is 5.85. The first-order chi connectivity index (χ1) is 10.1. The zero-order valence-electron chi connectivity index (χ0n) is 12.2. The molecule has 1 aromatic carbocycles. The number of carbonyl (C=O) groups is 2. The van der Waals surface area contributed by atoms with Crippen LogP contribution in [-0.4, -0.2) is 53.5 Å². The van der Waals surface area contributed by atoms with Crippen molar-refractivity contribution in [1.82, 2.24) is 9.80 Å². The number of carboxylic acids is 1. The van der Waals surface area contributed by atoms with Gasteiger partial charge in [-0.2, -0.15) is 0 Å². The van der Waals surface area contributed by atoms with Crippen molar-refractivity contribution in [2.75, 3.05) is 26.7 Å². The van der Waals surface area contributed by atoms with Crippen LogP contribution in [0.5, 0.6) is 0 Å². The Morgan fingerprint density at radius 1 is 1.33 bits per heavy atom. The summed E-state index contributed by atoms with van der Waals surface area (Å²) in [6, 6.07) is 7.67. The van der Waals surface area contributed by atoms with Gasteiger partial charge in [-0.05, 0) is 23.6 Å². The second-order valence-corrected chi connectivity index (χ2v) is 5.25. The van der Waals surface area contributed by atoms with Crippen molar-refractivity contribution >= 4 is 18.0 Å². The minimum absolute atomic E-state index is 0.131. The Hall–Kier alpha value is -2.14. The molecule has 1 aliphatic heterocycles. The maximum Gasteiger partial charge on any atom is 0.328 e. The summed E-state index contributed by atoms with van der Waals surface area (Å²) in [7, 11) is 1.83. The fraction of sp³-hybridized carbons (Fsp3) is 0.375. The van der Waals surface area contributed by atoms with Gasteiger partial charge in [0.15, 0.2) is 0 Å². The number of carboxylic acid groups (broad SMARTS) is 1. The Kier molecular flexibility index (Phi) is 5.11. The standard InChI is InChI=1S/C16H20N2O3/c1-17-9-4-10-18(12-15(17)19)11-14-6-3-2-5-13(14)7-8-16(20)21/h2-3,5-8H,4,9-12H2,1H3,(H,20,21)/b8-7+. The topological polar surface area (TPSA) is 60.9 Å². The van der Waals surface area contributed by atoms with E-state index in [1.807, 2.05) is 31.3 Å². The lowest BCUT2D eigenvalue weighted by Gasteiger charge is -2.20. The molecule has 0 aromatic heterocycles. The summed E-state index contributed by atoms with van der Waals surface area (Å²) in [4.78, 5) is 26.4. The maximum absolute atomic E-state index is 11.9. The summed E-state index contributed by atoms with van der Waals surface area (Å²) < 4.78 is 0. The Morgan fingerprint density at radius 2 is 2.10 bits per heavy atom. The molecule has 5 heteroatoms. The van der Waals surface area contributed by atoms with E-state index in [0.717, 1.165) is 36.7 Å². The molecular weight excluding hydrogens is 268 g/mol. The van der Waals surface area contributed by atoms with E-state index in [4.69, 9.17) is 5.11 Å². The minimum atomic E-state index is -0.962. The zero-order chi connectivity index (χ0) is 15.2. The lowest BCUT2D eigenvalue weighted by atomic mass is 10.1. The van der Waals surface area contributed by atoms with Crippen LogP contribution in [0.4, 0.5) is 0 Å². The molecule has 2 rings (SSSR count). The number of benzene rings is 1. The monoisotopic (exact) mass is 288 g/mol. The van der Waals surface area contributed by atoms with E-state index in [0.29, 0.717) is 13.1 Å². The highest BCUT2D eigenvalue weighted by Crippen LogP contribution is 2.15. The number of hydrogen-bond acceptors (Lipinski definition) is 3. The number of nitrogens with zero attached hydrogens (tertiary/aromatic N) is 2. The molecule has 0 radical (unpaired) electrons. The molecule has 0 aliphatic carbocycles. The molecular formula is C16H20N2O3. The molecule has 0 unspecified atom stereocenters. The van der Waals surface area contributed by atoms with Crippen LogP contribution >= 0.6 is 0 Å². The number of rotatable bonds is 4. The maximum atomic E-state index is 11.9. The van der Waals surface area contributed by atoms with Crippen molar-refractivity contribution in [1.29, 1.82) is 0 Å². The van der Waals surface area contributed by atoms with E-state index in [1.165, 1.54) is 0 Å². The van der Waals surface area contributed by atoms with E-state index < -0.39 is 5.97 Å². The molecule has 0 atom stereocenters. The van der Waals surface area contributed by atoms with Gasteiger partial charge in [0.2, 0.25) is 5.91 Å². The van der Waals surface area contributed by atoms with Crippen LogP contribution in [-0.2, 0) is 16.1 Å². The average molecular weight is 288 g/mol.